The molecule has 4 heterocycles. The first-order valence-electron chi connectivity index (χ1n) is 9.68. The maximum absolute atomic E-state index is 6.08. The van der Waals surface area contributed by atoms with E-state index >= 15 is 0 Å². The van der Waals surface area contributed by atoms with Gasteiger partial charge < -0.3 is 15.4 Å². The Bertz CT molecular complexity index is 943. The summed E-state index contributed by atoms with van der Waals surface area (Å²) in [7, 11) is 0. The zero-order chi connectivity index (χ0) is 18.2. The summed E-state index contributed by atoms with van der Waals surface area (Å²) >= 11 is 0. The van der Waals surface area contributed by atoms with E-state index in [2.05, 4.69) is 19.9 Å². The number of hydrogen-bond donors (Lipinski definition) is 1. The molecule has 2 fully saturated rings. The van der Waals surface area contributed by atoms with Crippen LogP contribution in [0.2, 0.25) is 0 Å². The number of likely N-dealkylation sites (tertiary alicyclic amines) is 1. The Morgan fingerprint density at radius 2 is 1.93 bits per heavy atom. The number of nitrogens with two attached hydrogens (primary N) is 1. The molecule has 1 aliphatic heterocycles. The molecule has 7 nitrogen and oxygen atoms in total. The molecule has 3 aromatic rings. The molecular formula is C20H24N6O. The fourth-order valence-electron chi connectivity index (χ4n) is 3.89. The highest BCUT2D eigenvalue weighted by molar-refractivity contribution is 5.62. The third-order valence-electron chi connectivity index (χ3n) is 5.63. The number of fused-ring (bicyclic) bond motifs is 1. The lowest BCUT2D eigenvalue weighted by molar-refractivity contribution is 0.136. The summed E-state index contributed by atoms with van der Waals surface area (Å²) in [6, 6.07) is 6.60. The molecule has 0 radical (unpaired) electrons. The van der Waals surface area contributed by atoms with Crippen molar-refractivity contribution < 1.29 is 4.74 Å². The summed E-state index contributed by atoms with van der Waals surface area (Å²) in [4.78, 5) is 15.4. The molecule has 7 heteroatoms. The van der Waals surface area contributed by atoms with Gasteiger partial charge in [-0.15, -0.1) is 0 Å². The SMILES string of the molecule is Nc1cc(-c2cnc3cc(OCC4CCN(C5CC5)CC4)ccn23)ncn1. The second-order valence-electron chi connectivity index (χ2n) is 7.58. The third kappa shape index (κ3) is 3.47. The van der Waals surface area contributed by atoms with Crippen LogP contribution in [0.25, 0.3) is 17.0 Å². The summed E-state index contributed by atoms with van der Waals surface area (Å²) in [5, 5.41) is 0. The molecular weight excluding hydrogens is 340 g/mol. The monoisotopic (exact) mass is 364 g/mol. The highest BCUT2D eigenvalue weighted by Crippen LogP contribution is 2.31. The summed E-state index contributed by atoms with van der Waals surface area (Å²) < 4.78 is 8.07. The van der Waals surface area contributed by atoms with Gasteiger partial charge in [-0.05, 0) is 50.8 Å². The van der Waals surface area contributed by atoms with Gasteiger partial charge in [0.05, 0.1) is 24.2 Å². The van der Waals surface area contributed by atoms with Crippen molar-refractivity contribution in [2.24, 2.45) is 5.92 Å². The number of anilines is 1. The molecule has 27 heavy (non-hydrogen) atoms. The quantitative estimate of drug-likeness (QED) is 0.749. The first kappa shape index (κ1) is 16.5. The fourth-order valence-corrected chi connectivity index (χ4v) is 3.89. The predicted octanol–water partition coefficient (Wildman–Crippen LogP) is 2.63. The minimum atomic E-state index is 0.447. The maximum Gasteiger partial charge on any atom is 0.140 e. The molecule has 1 aliphatic carbocycles. The van der Waals surface area contributed by atoms with Gasteiger partial charge in [0.25, 0.3) is 0 Å². The van der Waals surface area contributed by atoms with Crippen molar-refractivity contribution in [1.29, 1.82) is 0 Å². The van der Waals surface area contributed by atoms with Crippen LogP contribution in [0.3, 0.4) is 0 Å². The normalized spacial score (nSPS) is 18.8. The highest BCUT2D eigenvalue weighted by atomic mass is 16.5. The van der Waals surface area contributed by atoms with E-state index in [4.69, 9.17) is 10.5 Å². The molecule has 1 saturated carbocycles. The Morgan fingerprint density at radius 3 is 2.70 bits per heavy atom. The predicted molar refractivity (Wildman–Crippen MR) is 103 cm³/mol. The van der Waals surface area contributed by atoms with Crippen LogP contribution < -0.4 is 10.5 Å². The topological polar surface area (TPSA) is 81.6 Å². The minimum Gasteiger partial charge on any atom is -0.493 e. The van der Waals surface area contributed by atoms with Crippen LogP contribution in [0.15, 0.2) is 36.9 Å². The smallest absolute Gasteiger partial charge is 0.140 e. The number of nitrogen functional groups attached to an aromatic ring is 1. The Balaban J connectivity index is 1.25. The van der Waals surface area contributed by atoms with Crippen LogP contribution in [-0.2, 0) is 0 Å². The number of ether oxygens (including phenoxy) is 1. The van der Waals surface area contributed by atoms with Crippen LogP contribution >= 0.6 is 0 Å². The molecule has 0 atom stereocenters. The van der Waals surface area contributed by atoms with Gasteiger partial charge in [0.15, 0.2) is 0 Å². The zero-order valence-electron chi connectivity index (χ0n) is 15.3. The lowest BCUT2D eigenvalue weighted by atomic mass is 9.98. The van der Waals surface area contributed by atoms with Crippen molar-refractivity contribution in [1.82, 2.24) is 24.3 Å². The number of pyridine rings is 1. The molecule has 5 rings (SSSR count). The average molecular weight is 364 g/mol. The van der Waals surface area contributed by atoms with Gasteiger partial charge in [0, 0.05) is 24.4 Å². The number of nitrogens with zero attached hydrogens (tertiary/aromatic N) is 5. The minimum absolute atomic E-state index is 0.447. The van der Waals surface area contributed by atoms with Crippen molar-refractivity contribution in [2.75, 3.05) is 25.4 Å². The third-order valence-corrected chi connectivity index (χ3v) is 5.63. The van der Waals surface area contributed by atoms with Crippen molar-refractivity contribution in [3.8, 4) is 17.1 Å². The van der Waals surface area contributed by atoms with Crippen LogP contribution in [0.1, 0.15) is 25.7 Å². The van der Waals surface area contributed by atoms with Crippen LogP contribution in [0.4, 0.5) is 5.82 Å². The number of imidazole rings is 1. The van der Waals surface area contributed by atoms with Gasteiger partial charge in [-0.1, -0.05) is 0 Å². The van der Waals surface area contributed by atoms with E-state index < -0.39 is 0 Å². The summed E-state index contributed by atoms with van der Waals surface area (Å²) in [5.74, 6) is 1.96. The summed E-state index contributed by atoms with van der Waals surface area (Å²) in [6.07, 6.45) is 10.5. The Morgan fingerprint density at radius 1 is 1.07 bits per heavy atom. The molecule has 0 bridgehead atoms. The molecule has 140 valence electrons. The molecule has 2 N–H and O–H groups in total. The fraction of sp³-hybridized carbons (Fsp3) is 0.450. The van der Waals surface area contributed by atoms with Crippen molar-refractivity contribution in [2.45, 2.75) is 31.7 Å². The highest BCUT2D eigenvalue weighted by Gasteiger charge is 2.31. The first-order chi connectivity index (χ1) is 13.3. The summed E-state index contributed by atoms with van der Waals surface area (Å²) in [6.45, 7) is 3.23. The van der Waals surface area contributed by atoms with Crippen molar-refractivity contribution >= 4 is 11.5 Å². The maximum atomic E-state index is 6.08. The lowest BCUT2D eigenvalue weighted by Crippen LogP contribution is -2.36. The van der Waals surface area contributed by atoms with Gasteiger partial charge in [0.1, 0.15) is 23.5 Å². The zero-order valence-corrected chi connectivity index (χ0v) is 15.3. The van der Waals surface area contributed by atoms with Crippen molar-refractivity contribution in [3.05, 3.63) is 36.9 Å². The van der Waals surface area contributed by atoms with E-state index in [1.54, 1.807) is 12.3 Å². The van der Waals surface area contributed by atoms with Gasteiger partial charge in [-0.3, -0.25) is 4.40 Å². The second kappa shape index (κ2) is 6.81. The Hall–Kier alpha value is -2.67. The largest absolute Gasteiger partial charge is 0.493 e. The lowest BCUT2D eigenvalue weighted by Gasteiger charge is -2.31. The first-order valence-corrected chi connectivity index (χ1v) is 9.68. The standard InChI is InChI=1S/C20H24N6O/c21-19-10-17(23-13-24-19)18-11-22-20-9-16(5-8-26(18)20)27-12-14-3-6-25(7-4-14)15-1-2-15/h5,8-11,13-15H,1-4,6-7,12H2,(H2,21,23,24). The van der Waals surface area contributed by atoms with Gasteiger partial charge in [-0.2, -0.15) is 0 Å². The number of hydrogen-bond acceptors (Lipinski definition) is 6. The molecule has 0 aromatic carbocycles. The Kier molecular flexibility index (Phi) is 4.16. The second-order valence-corrected chi connectivity index (χ2v) is 7.58. The average Bonchev–Trinajstić information content (AvgIpc) is 3.46. The molecule has 0 unspecified atom stereocenters. The van der Waals surface area contributed by atoms with E-state index in [9.17, 15) is 0 Å². The number of rotatable bonds is 5. The van der Waals surface area contributed by atoms with Gasteiger partial charge >= 0.3 is 0 Å². The van der Waals surface area contributed by atoms with Crippen LogP contribution in [0.5, 0.6) is 5.75 Å². The van der Waals surface area contributed by atoms with Crippen molar-refractivity contribution in [3.63, 3.8) is 0 Å². The number of piperidine rings is 1. The van der Waals surface area contributed by atoms with Gasteiger partial charge in [-0.25, -0.2) is 15.0 Å². The molecule has 0 spiro atoms. The van der Waals surface area contributed by atoms with E-state index in [-0.39, 0.29) is 0 Å². The molecule has 3 aromatic heterocycles. The van der Waals surface area contributed by atoms with Crippen LogP contribution in [0, 0.1) is 5.92 Å². The number of aromatic nitrogens is 4. The molecule has 0 amide bonds. The van der Waals surface area contributed by atoms with E-state index in [1.807, 2.05) is 22.7 Å². The van der Waals surface area contributed by atoms with Crippen LogP contribution in [-0.4, -0.2) is 50.0 Å². The summed E-state index contributed by atoms with van der Waals surface area (Å²) in [5.41, 5.74) is 8.25. The molecule has 2 aliphatic rings. The van der Waals surface area contributed by atoms with E-state index in [0.717, 1.165) is 35.4 Å². The molecule has 1 saturated heterocycles. The van der Waals surface area contributed by atoms with E-state index in [0.29, 0.717) is 11.7 Å². The Labute approximate surface area is 158 Å². The van der Waals surface area contributed by atoms with Gasteiger partial charge in [0.2, 0.25) is 0 Å². The van der Waals surface area contributed by atoms with E-state index in [1.165, 1.54) is 45.1 Å².